The number of aromatic nitrogens is 2. The van der Waals surface area contributed by atoms with Crippen LogP contribution < -0.4 is 0 Å². The van der Waals surface area contributed by atoms with Gasteiger partial charge in [-0.15, -0.1) is 0 Å². The molecule has 3 rings (SSSR count). The summed E-state index contributed by atoms with van der Waals surface area (Å²) in [6, 6.07) is 13.0. The van der Waals surface area contributed by atoms with Crippen molar-refractivity contribution < 1.29 is 14.3 Å². The third-order valence-electron chi connectivity index (χ3n) is 3.66. The van der Waals surface area contributed by atoms with E-state index < -0.39 is 0 Å². The Morgan fingerprint density at radius 2 is 1.67 bits per heavy atom. The van der Waals surface area contributed by atoms with Crippen molar-refractivity contribution in [3.63, 3.8) is 0 Å². The van der Waals surface area contributed by atoms with E-state index in [1.165, 1.54) is 0 Å². The molecule has 0 saturated heterocycles. The van der Waals surface area contributed by atoms with Crippen LogP contribution in [0.5, 0.6) is 0 Å². The van der Waals surface area contributed by atoms with Gasteiger partial charge in [0.25, 0.3) is 0 Å². The second-order valence-electron chi connectivity index (χ2n) is 5.34. The van der Waals surface area contributed by atoms with Crippen LogP contribution in [0.4, 0.5) is 0 Å². The van der Waals surface area contributed by atoms with Crippen LogP contribution in [0.3, 0.4) is 0 Å². The van der Waals surface area contributed by atoms with Crippen LogP contribution in [0.2, 0.25) is 0 Å². The average Bonchev–Trinajstić information content (AvgIpc) is 3.26. The molecular formula is C19H18N2O3. The Morgan fingerprint density at radius 3 is 2.33 bits per heavy atom. The lowest BCUT2D eigenvalue weighted by Crippen LogP contribution is -2.12. The highest BCUT2D eigenvalue weighted by molar-refractivity contribution is 6.09. The first-order valence-electron chi connectivity index (χ1n) is 7.77. The SMILES string of the molecule is CCOC(=O)Cn1ccc(C(=O)c2ccc(-n3cccc3)cc2)c1. The van der Waals surface area contributed by atoms with Crippen molar-refractivity contribution in [2.45, 2.75) is 13.5 Å². The molecule has 5 heteroatoms. The molecule has 0 atom stereocenters. The average molecular weight is 322 g/mol. The van der Waals surface area contributed by atoms with Crippen LogP contribution in [0.15, 0.2) is 67.3 Å². The number of ketones is 1. The largest absolute Gasteiger partial charge is 0.465 e. The Balaban J connectivity index is 1.72. The zero-order valence-corrected chi connectivity index (χ0v) is 13.4. The number of benzene rings is 1. The molecule has 0 aliphatic rings. The topological polar surface area (TPSA) is 53.2 Å². The number of esters is 1. The third-order valence-corrected chi connectivity index (χ3v) is 3.66. The predicted octanol–water partition coefficient (Wildman–Crippen LogP) is 3.07. The van der Waals surface area contributed by atoms with Crippen molar-refractivity contribution in [1.82, 2.24) is 9.13 Å². The Hall–Kier alpha value is -3.08. The fourth-order valence-electron chi connectivity index (χ4n) is 2.49. The molecule has 122 valence electrons. The summed E-state index contributed by atoms with van der Waals surface area (Å²) in [4.78, 5) is 24.0. The quantitative estimate of drug-likeness (QED) is 0.518. The van der Waals surface area contributed by atoms with Gasteiger partial charge in [-0.25, -0.2) is 0 Å². The fraction of sp³-hybridized carbons (Fsp3) is 0.158. The molecule has 2 aromatic heterocycles. The zero-order valence-electron chi connectivity index (χ0n) is 13.4. The Bertz CT molecular complexity index is 830. The molecular weight excluding hydrogens is 304 g/mol. The summed E-state index contributed by atoms with van der Waals surface area (Å²) in [6.45, 7) is 2.22. The van der Waals surface area contributed by atoms with E-state index in [9.17, 15) is 9.59 Å². The molecule has 0 N–H and O–H groups in total. The molecule has 5 nitrogen and oxygen atoms in total. The molecule has 0 spiro atoms. The van der Waals surface area contributed by atoms with E-state index in [2.05, 4.69) is 0 Å². The monoisotopic (exact) mass is 322 g/mol. The van der Waals surface area contributed by atoms with Gasteiger partial charge in [-0.3, -0.25) is 9.59 Å². The second-order valence-corrected chi connectivity index (χ2v) is 5.34. The van der Waals surface area contributed by atoms with Crippen LogP contribution in [-0.4, -0.2) is 27.5 Å². The van der Waals surface area contributed by atoms with Gasteiger partial charge in [-0.05, 0) is 49.4 Å². The normalized spacial score (nSPS) is 10.5. The number of ether oxygens (including phenoxy) is 1. The lowest BCUT2D eigenvalue weighted by Gasteiger charge is -2.04. The van der Waals surface area contributed by atoms with Crippen LogP contribution in [0.1, 0.15) is 22.8 Å². The van der Waals surface area contributed by atoms with E-state index in [0.717, 1.165) is 5.69 Å². The molecule has 0 radical (unpaired) electrons. The number of hydrogen-bond acceptors (Lipinski definition) is 3. The summed E-state index contributed by atoms with van der Waals surface area (Å²) >= 11 is 0. The van der Waals surface area contributed by atoms with E-state index in [1.807, 2.05) is 41.2 Å². The van der Waals surface area contributed by atoms with E-state index in [0.29, 0.717) is 17.7 Å². The van der Waals surface area contributed by atoms with Crippen LogP contribution >= 0.6 is 0 Å². The third kappa shape index (κ3) is 3.46. The fourth-order valence-corrected chi connectivity index (χ4v) is 2.49. The van der Waals surface area contributed by atoms with Crippen molar-refractivity contribution in [3.05, 3.63) is 78.4 Å². The highest BCUT2D eigenvalue weighted by Gasteiger charge is 2.12. The first kappa shape index (κ1) is 15.8. The van der Waals surface area contributed by atoms with E-state index >= 15 is 0 Å². The maximum Gasteiger partial charge on any atom is 0.325 e. The van der Waals surface area contributed by atoms with Gasteiger partial charge in [0, 0.05) is 41.6 Å². The van der Waals surface area contributed by atoms with E-state index in [4.69, 9.17) is 4.74 Å². The summed E-state index contributed by atoms with van der Waals surface area (Å²) in [5.74, 6) is -0.389. The standard InChI is InChI=1S/C19H18N2O3/c1-2-24-18(22)14-20-12-9-16(13-20)19(23)15-5-7-17(8-6-15)21-10-3-4-11-21/h3-13H,2,14H2,1H3. The smallest absolute Gasteiger partial charge is 0.325 e. The van der Waals surface area contributed by atoms with Crippen molar-refractivity contribution in [2.75, 3.05) is 6.61 Å². The van der Waals surface area contributed by atoms with Gasteiger partial charge < -0.3 is 13.9 Å². The summed E-state index contributed by atoms with van der Waals surface area (Å²) in [5.41, 5.74) is 2.16. The zero-order chi connectivity index (χ0) is 16.9. The minimum absolute atomic E-state index is 0.0725. The highest BCUT2D eigenvalue weighted by Crippen LogP contribution is 2.14. The summed E-state index contributed by atoms with van der Waals surface area (Å²) in [7, 11) is 0. The van der Waals surface area contributed by atoms with Gasteiger partial charge in [-0.2, -0.15) is 0 Å². The predicted molar refractivity (Wildman–Crippen MR) is 90.3 cm³/mol. The van der Waals surface area contributed by atoms with E-state index in [1.54, 1.807) is 42.1 Å². The minimum Gasteiger partial charge on any atom is -0.465 e. The maximum absolute atomic E-state index is 12.5. The van der Waals surface area contributed by atoms with E-state index in [-0.39, 0.29) is 18.3 Å². The molecule has 1 aromatic carbocycles. The van der Waals surface area contributed by atoms with Crippen LogP contribution in [0.25, 0.3) is 5.69 Å². The van der Waals surface area contributed by atoms with Crippen molar-refractivity contribution in [3.8, 4) is 5.69 Å². The molecule has 0 bridgehead atoms. The second kappa shape index (κ2) is 7.00. The van der Waals surface area contributed by atoms with Gasteiger partial charge in [0.05, 0.1) is 6.61 Å². The number of nitrogens with zero attached hydrogens (tertiary/aromatic N) is 2. The highest BCUT2D eigenvalue weighted by atomic mass is 16.5. The minimum atomic E-state index is -0.317. The van der Waals surface area contributed by atoms with Crippen molar-refractivity contribution in [1.29, 1.82) is 0 Å². The van der Waals surface area contributed by atoms with Gasteiger partial charge >= 0.3 is 5.97 Å². The maximum atomic E-state index is 12.5. The number of rotatable bonds is 6. The Morgan fingerprint density at radius 1 is 0.958 bits per heavy atom. The molecule has 24 heavy (non-hydrogen) atoms. The number of carbonyl (C=O) groups excluding carboxylic acids is 2. The first-order valence-corrected chi connectivity index (χ1v) is 7.77. The lowest BCUT2D eigenvalue weighted by atomic mass is 10.1. The molecule has 3 aromatic rings. The number of carbonyl (C=O) groups is 2. The summed E-state index contributed by atoms with van der Waals surface area (Å²) in [6.07, 6.45) is 7.27. The van der Waals surface area contributed by atoms with Crippen LogP contribution in [0, 0.1) is 0 Å². The molecule has 0 aliphatic carbocycles. The Kier molecular flexibility index (Phi) is 4.61. The molecule has 2 heterocycles. The molecule has 0 aliphatic heterocycles. The summed E-state index contributed by atoms with van der Waals surface area (Å²) < 4.78 is 8.53. The first-order chi connectivity index (χ1) is 11.7. The van der Waals surface area contributed by atoms with Gasteiger partial charge in [0.2, 0.25) is 0 Å². The summed E-state index contributed by atoms with van der Waals surface area (Å²) in [5, 5.41) is 0. The van der Waals surface area contributed by atoms with Gasteiger partial charge in [0.1, 0.15) is 6.54 Å². The van der Waals surface area contributed by atoms with Crippen molar-refractivity contribution >= 4 is 11.8 Å². The molecule has 0 amide bonds. The number of hydrogen-bond donors (Lipinski definition) is 0. The molecule has 0 unspecified atom stereocenters. The Labute approximate surface area is 140 Å². The molecule has 0 fully saturated rings. The van der Waals surface area contributed by atoms with Crippen LogP contribution in [-0.2, 0) is 16.1 Å². The van der Waals surface area contributed by atoms with Gasteiger partial charge in [-0.1, -0.05) is 0 Å². The molecule has 0 saturated carbocycles. The lowest BCUT2D eigenvalue weighted by molar-refractivity contribution is -0.143. The van der Waals surface area contributed by atoms with Crippen molar-refractivity contribution in [2.24, 2.45) is 0 Å². The van der Waals surface area contributed by atoms with Gasteiger partial charge in [0.15, 0.2) is 5.78 Å².